The molecule has 0 radical (unpaired) electrons. The number of unbranched alkanes of at least 4 members (excludes halogenated alkanes) is 1. The van der Waals surface area contributed by atoms with Gasteiger partial charge in [0.05, 0.1) is 12.7 Å². The van der Waals surface area contributed by atoms with Gasteiger partial charge in [-0.05, 0) is 13.3 Å². The molecule has 86 valence electrons. The second-order valence-corrected chi connectivity index (χ2v) is 4.67. The third-order valence-electron chi connectivity index (χ3n) is 1.64. The van der Waals surface area contributed by atoms with E-state index in [1.54, 1.807) is 11.8 Å². The van der Waals surface area contributed by atoms with Gasteiger partial charge in [0.2, 0.25) is 0 Å². The molecule has 0 heterocycles. The minimum absolute atomic E-state index is 0.202. The number of thioether (sulfide) groups is 1. The smallest absolute Gasteiger partial charge is 0.0863 e. The summed E-state index contributed by atoms with van der Waals surface area (Å²) >= 11 is 1.68. The van der Waals surface area contributed by atoms with E-state index >= 15 is 0 Å². The molecule has 2 atom stereocenters. The van der Waals surface area contributed by atoms with E-state index in [-0.39, 0.29) is 12.1 Å². The van der Waals surface area contributed by atoms with E-state index in [1.165, 1.54) is 0 Å². The average Bonchev–Trinajstić information content (AvgIpc) is 2.12. The van der Waals surface area contributed by atoms with E-state index in [2.05, 4.69) is 6.92 Å². The lowest BCUT2D eigenvalue weighted by Gasteiger charge is -2.11. The number of aliphatic hydroxyl groups excluding tert-OH is 1. The van der Waals surface area contributed by atoms with Crippen LogP contribution in [0.5, 0.6) is 0 Å². The van der Waals surface area contributed by atoms with Crippen LogP contribution in [0.2, 0.25) is 0 Å². The summed E-state index contributed by atoms with van der Waals surface area (Å²) in [5.74, 6) is 1.61. The lowest BCUT2D eigenvalue weighted by molar-refractivity contribution is 0.0473. The van der Waals surface area contributed by atoms with Crippen molar-refractivity contribution >= 4 is 11.8 Å². The molecule has 4 heteroatoms. The second-order valence-electron chi connectivity index (χ2n) is 3.60. The van der Waals surface area contributed by atoms with Gasteiger partial charge in [-0.1, -0.05) is 13.3 Å². The van der Waals surface area contributed by atoms with Crippen molar-refractivity contribution in [2.75, 3.05) is 24.7 Å². The van der Waals surface area contributed by atoms with Crippen LogP contribution >= 0.6 is 11.8 Å². The first-order chi connectivity index (χ1) is 6.66. The SMILES string of the molecule is CCCCOCC(O)CSC[C@@H](C)N. The van der Waals surface area contributed by atoms with E-state index in [0.29, 0.717) is 12.4 Å². The molecule has 0 saturated carbocycles. The van der Waals surface area contributed by atoms with Gasteiger partial charge in [-0.15, -0.1) is 0 Å². The van der Waals surface area contributed by atoms with Crippen LogP contribution in [-0.4, -0.2) is 42.0 Å². The molecule has 3 N–H and O–H groups in total. The van der Waals surface area contributed by atoms with Crippen molar-refractivity contribution in [2.45, 2.75) is 38.8 Å². The van der Waals surface area contributed by atoms with Crippen molar-refractivity contribution in [1.82, 2.24) is 0 Å². The molecule has 0 aromatic rings. The highest BCUT2D eigenvalue weighted by Gasteiger charge is 2.04. The van der Waals surface area contributed by atoms with Gasteiger partial charge in [-0.3, -0.25) is 0 Å². The summed E-state index contributed by atoms with van der Waals surface area (Å²) in [5.41, 5.74) is 5.58. The summed E-state index contributed by atoms with van der Waals surface area (Å²) in [4.78, 5) is 0. The summed E-state index contributed by atoms with van der Waals surface area (Å²) in [6.45, 7) is 5.30. The van der Waals surface area contributed by atoms with Crippen molar-refractivity contribution < 1.29 is 9.84 Å². The number of rotatable bonds is 9. The average molecular weight is 221 g/mol. The number of aliphatic hydroxyl groups is 1. The predicted molar refractivity (Wildman–Crippen MR) is 62.7 cm³/mol. The molecule has 0 bridgehead atoms. The third-order valence-corrected chi connectivity index (χ3v) is 3.03. The first-order valence-electron chi connectivity index (χ1n) is 5.26. The normalized spacial score (nSPS) is 15.4. The zero-order valence-electron chi connectivity index (χ0n) is 9.24. The van der Waals surface area contributed by atoms with Gasteiger partial charge in [0, 0.05) is 24.2 Å². The lowest BCUT2D eigenvalue weighted by atomic mass is 10.3. The van der Waals surface area contributed by atoms with Gasteiger partial charge < -0.3 is 15.6 Å². The lowest BCUT2D eigenvalue weighted by Crippen LogP contribution is -2.22. The Labute approximate surface area is 91.4 Å². The molecular weight excluding hydrogens is 198 g/mol. The Morgan fingerprint density at radius 1 is 1.43 bits per heavy atom. The zero-order valence-corrected chi connectivity index (χ0v) is 10.1. The number of ether oxygens (including phenoxy) is 1. The van der Waals surface area contributed by atoms with Crippen LogP contribution in [0, 0.1) is 0 Å². The summed E-state index contributed by atoms with van der Waals surface area (Å²) in [6, 6.07) is 0.202. The largest absolute Gasteiger partial charge is 0.390 e. The fourth-order valence-corrected chi connectivity index (χ4v) is 1.78. The molecule has 0 amide bonds. The molecule has 0 aliphatic heterocycles. The number of nitrogens with two attached hydrogens (primary N) is 1. The highest BCUT2D eigenvalue weighted by molar-refractivity contribution is 7.99. The Kier molecular flexibility index (Phi) is 9.93. The van der Waals surface area contributed by atoms with Crippen LogP contribution < -0.4 is 5.73 Å². The molecule has 0 aromatic heterocycles. The van der Waals surface area contributed by atoms with Crippen molar-refractivity contribution in [3.05, 3.63) is 0 Å². The number of hydrogen-bond acceptors (Lipinski definition) is 4. The molecule has 0 aromatic carbocycles. The van der Waals surface area contributed by atoms with E-state index < -0.39 is 0 Å². The van der Waals surface area contributed by atoms with Crippen molar-refractivity contribution in [1.29, 1.82) is 0 Å². The van der Waals surface area contributed by atoms with E-state index in [4.69, 9.17) is 10.5 Å². The summed E-state index contributed by atoms with van der Waals surface area (Å²) in [6.07, 6.45) is 1.85. The molecule has 0 rings (SSSR count). The standard InChI is InChI=1S/C10H23NO2S/c1-3-4-5-13-6-10(12)8-14-7-9(2)11/h9-10,12H,3-8,11H2,1-2H3/t9-,10?/m1/s1. The van der Waals surface area contributed by atoms with Crippen LogP contribution in [0.4, 0.5) is 0 Å². The fraction of sp³-hybridized carbons (Fsp3) is 1.00. The van der Waals surface area contributed by atoms with Crippen molar-refractivity contribution in [3.63, 3.8) is 0 Å². The Morgan fingerprint density at radius 2 is 2.14 bits per heavy atom. The second kappa shape index (κ2) is 9.77. The van der Waals surface area contributed by atoms with Crippen molar-refractivity contribution in [2.24, 2.45) is 5.73 Å². The Balaban J connectivity index is 3.15. The minimum Gasteiger partial charge on any atom is -0.390 e. The molecule has 0 aliphatic rings. The van der Waals surface area contributed by atoms with Gasteiger partial charge in [0.1, 0.15) is 0 Å². The molecule has 0 fully saturated rings. The maximum Gasteiger partial charge on any atom is 0.0863 e. The fourth-order valence-electron chi connectivity index (χ4n) is 0.904. The summed E-state index contributed by atoms with van der Waals surface area (Å²) in [7, 11) is 0. The van der Waals surface area contributed by atoms with Crippen LogP contribution in [0.3, 0.4) is 0 Å². The van der Waals surface area contributed by atoms with Gasteiger partial charge in [-0.2, -0.15) is 11.8 Å². The van der Waals surface area contributed by atoms with Gasteiger partial charge in [0.25, 0.3) is 0 Å². The topological polar surface area (TPSA) is 55.5 Å². The molecule has 3 nitrogen and oxygen atoms in total. The third kappa shape index (κ3) is 10.3. The molecule has 0 saturated heterocycles. The van der Waals surface area contributed by atoms with Crippen LogP contribution in [0.25, 0.3) is 0 Å². The first-order valence-corrected chi connectivity index (χ1v) is 6.41. The Morgan fingerprint density at radius 3 is 2.71 bits per heavy atom. The van der Waals surface area contributed by atoms with Gasteiger partial charge in [0.15, 0.2) is 0 Å². The number of hydrogen-bond donors (Lipinski definition) is 2. The monoisotopic (exact) mass is 221 g/mol. The first kappa shape index (κ1) is 14.2. The summed E-state index contributed by atoms with van der Waals surface area (Å²) < 4.78 is 5.30. The molecule has 1 unspecified atom stereocenters. The maximum atomic E-state index is 9.47. The predicted octanol–water partition coefficient (Wildman–Crippen LogP) is 1.24. The Bertz CT molecular complexity index is 123. The minimum atomic E-state index is -0.351. The van der Waals surface area contributed by atoms with E-state index in [0.717, 1.165) is 25.2 Å². The van der Waals surface area contributed by atoms with E-state index in [1.807, 2.05) is 6.92 Å². The quantitative estimate of drug-likeness (QED) is 0.575. The van der Waals surface area contributed by atoms with Crippen LogP contribution in [0.1, 0.15) is 26.7 Å². The molecular formula is C10H23NO2S. The van der Waals surface area contributed by atoms with Crippen LogP contribution in [0.15, 0.2) is 0 Å². The van der Waals surface area contributed by atoms with Crippen LogP contribution in [-0.2, 0) is 4.74 Å². The maximum absolute atomic E-state index is 9.47. The molecule has 0 spiro atoms. The Hall–Kier alpha value is 0.230. The van der Waals surface area contributed by atoms with E-state index in [9.17, 15) is 5.11 Å². The van der Waals surface area contributed by atoms with Gasteiger partial charge in [-0.25, -0.2) is 0 Å². The zero-order chi connectivity index (χ0) is 10.8. The molecule has 0 aliphatic carbocycles. The molecule has 14 heavy (non-hydrogen) atoms. The van der Waals surface area contributed by atoms with Crippen molar-refractivity contribution in [3.8, 4) is 0 Å². The summed E-state index contributed by atoms with van der Waals surface area (Å²) in [5, 5.41) is 9.47. The highest BCUT2D eigenvalue weighted by Crippen LogP contribution is 2.04. The highest BCUT2D eigenvalue weighted by atomic mass is 32.2. The van der Waals surface area contributed by atoms with Gasteiger partial charge >= 0.3 is 0 Å².